The van der Waals surface area contributed by atoms with Crippen LogP contribution in [0, 0.1) is 6.92 Å². The van der Waals surface area contributed by atoms with E-state index < -0.39 is 5.97 Å². The third-order valence-electron chi connectivity index (χ3n) is 2.65. The molecular formula is C12H12N2O3. The van der Waals surface area contributed by atoms with Crippen LogP contribution in [0.25, 0.3) is 10.8 Å². The van der Waals surface area contributed by atoms with Crippen LogP contribution in [-0.4, -0.2) is 22.9 Å². The van der Waals surface area contributed by atoms with Crippen LogP contribution in [-0.2, 0) is 11.8 Å². The Morgan fingerprint density at radius 1 is 1.35 bits per heavy atom. The molecule has 0 saturated heterocycles. The van der Waals surface area contributed by atoms with Gasteiger partial charge in [0.2, 0.25) is 0 Å². The van der Waals surface area contributed by atoms with Crippen LogP contribution in [0.15, 0.2) is 23.0 Å². The van der Waals surface area contributed by atoms with Gasteiger partial charge in [-0.2, -0.15) is 5.10 Å². The number of benzene rings is 1. The van der Waals surface area contributed by atoms with Crippen LogP contribution in [0.1, 0.15) is 16.1 Å². The second kappa shape index (κ2) is 4.01. The smallest absolute Gasteiger partial charge is 0.337 e. The molecule has 0 spiro atoms. The quantitative estimate of drug-likeness (QED) is 0.689. The molecule has 0 amide bonds. The SMILES string of the molecule is COC(=O)c1ccc2c(C)nn(C)c(=O)c2c1. The minimum absolute atomic E-state index is 0.226. The topological polar surface area (TPSA) is 61.2 Å². The van der Waals surface area contributed by atoms with E-state index >= 15 is 0 Å². The van der Waals surface area contributed by atoms with Gasteiger partial charge in [0.15, 0.2) is 0 Å². The number of hydrogen-bond acceptors (Lipinski definition) is 4. The summed E-state index contributed by atoms with van der Waals surface area (Å²) in [6.45, 7) is 1.82. The number of aromatic nitrogens is 2. The Labute approximate surface area is 97.6 Å². The average Bonchev–Trinajstić information content (AvgIpc) is 2.34. The van der Waals surface area contributed by atoms with Crippen molar-refractivity contribution in [3.63, 3.8) is 0 Å². The summed E-state index contributed by atoms with van der Waals surface area (Å²) in [5.74, 6) is -0.455. The lowest BCUT2D eigenvalue weighted by Gasteiger charge is -2.05. The molecule has 0 bridgehead atoms. The van der Waals surface area contributed by atoms with Gasteiger partial charge in [-0.1, -0.05) is 6.07 Å². The molecule has 88 valence electrons. The fourth-order valence-corrected chi connectivity index (χ4v) is 1.78. The molecule has 0 atom stereocenters. The summed E-state index contributed by atoms with van der Waals surface area (Å²) >= 11 is 0. The molecule has 17 heavy (non-hydrogen) atoms. The van der Waals surface area contributed by atoms with Gasteiger partial charge in [0.05, 0.1) is 23.8 Å². The number of methoxy groups -OCH3 is 1. The summed E-state index contributed by atoms with van der Waals surface area (Å²) in [4.78, 5) is 23.3. The fraction of sp³-hybridized carbons (Fsp3) is 0.250. The lowest BCUT2D eigenvalue weighted by molar-refractivity contribution is 0.0601. The van der Waals surface area contributed by atoms with Crippen molar-refractivity contribution in [1.29, 1.82) is 0 Å². The van der Waals surface area contributed by atoms with Crippen LogP contribution in [0.5, 0.6) is 0 Å². The maximum absolute atomic E-state index is 11.9. The number of carbonyl (C=O) groups is 1. The molecule has 0 aliphatic rings. The van der Waals surface area contributed by atoms with Crippen molar-refractivity contribution in [3.05, 3.63) is 39.8 Å². The van der Waals surface area contributed by atoms with Crippen molar-refractivity contribution in [2.24, 2.45) is 7.05 Å². The first-order valence-corrected chi connectivity index (χ1v) is 5.10. The maximum Gasteiger partial charge on any atom is 0.337 e. The lowest BCUT2D eigenvalue weighted by Crippen LogP contribution is -2.21. The van der Waals surface area contributed by atoms with Crippen LogP contribution < -0.4 is 5.56 Å². The molecule has 0 saturated carbocycles. The predicted molar refractivity (Wildman–Crippen MR) is 63.1 cm³/mol. The van der Waals surface area contributed by atoms with Crippen LogP contribution in [0.4, 0.5) is 0 Å². The van der Waals surface area contributed by atoms with Gasteiger partial charge in [-0.3, -0.25) is 4.79 Å². The minimum atomic E-state index is -0.455. The first-order valence-electron chi connectivity index (χ1n) is 5.10. The van der Waals surface area contributed by atoms with Crippen molar-refractivity contribution >= 4 is 16.7 Å². The van der Waals surface area contributed by atoms with Crippen molar-refractivity contribution in [3.8, 4) is 0 Å². The van der Waals surface area contributed by atoms with Crippen molar-refractivity contribution in [2.45, 2.75) is 6.92 Å². The highest BCUT2D eigenvalue weighted by atomic mass is 16.5. The highest BCUT2D eigenvalue weighted by Crippen LogP contribution is 2.15. The van der Waals surface area contributed by atoms with E-state index in [-0.39, 0.29) is 5.56 Å². The molecule has 1 heterocycles. The summed E-state index contributed by atoms with van der Waals surface area (Å²) < 4.78 is 5.88. The average molecular weight is 232 g/mol. The number of esters is 1. The number of fused-ring (bicyclic) bond motifs is 1. The molecule has 0 aliphatic carbocycles. The van der Waals surface area contributed by atoms with Gasteiger partial charge < -0.3 is 4.74 Å². The van der Waals surface area contributed by atoms with E-state index in [0.717, 1.165) is 11.1 Å². The van der Waals surface area contributed by atoms with Gasteiger partial charge in [0.1, 0.15) is 0 Å². The molecule has 5 nitrogen and oxygen atoms in total. The fourth-order valence-electron chi connectivity index (χ4n) is 1.78. The first-order chi connectivity index (χ1) is 8.04. The van der Waals surface area contributed by atoms with Gasteiger partial charge in [-0.05, 0) is 19.1 Å². The van der Waals surface area contributed by atoms with Crippen LogP contribution >= 0.6 is 0 Å². The van der Waals surface area contributed by atoms with Gasteiger partial charge in [-0.15, -0.1) is 0 Å². The zero-order valence-electron chi connectivity index (χ0n) is 9.85. The summed E-state index contributed by atoms with van der Waals surface area (Å²) in [7, 11) is 2.89. The van der Waals surface area contributed by atoms with E-state index in [1.54, 1.807) is 19.2 Å². The Hall–Kier alpha value is -2.17. The molecule has 1 aromatic carbocycles. The second-order valence-corrected chi connectivity index (χ2v) is 3.77. The van der Waals surface area contributed by atoms with Crippen LogP contribution in [0.3, 0.4) is 0 Å². The number of ether oxygens (including phenoxy) is 1. The molecule has 0 aliphatic heterocycles. The zero-order valence-corrected chi connectivity index (χ0v) is 9.85. The molecule has 2 rings (SSSR count). The first kappa shape index (κ1) is 11.3. The van der Waals surface area contributed by atoms with Gasteiger partial charge in [-0.25, -0.2) is 9.48 Å². The Morgan fingerprint density at radius 2 is 2.06 bits per heavy atom. The molecule has 0 N–H and O–H groups in total. The summed E-state index contributed by atoms with van der Waals surface area (Å²) in [6.07, 6.45) is 0. The number of nitrogens with zero attached hydrogens (tertiary/aromatic N) is 2. The second-order valence-electron chi connectivity index (χ2n) is 3.77. The van der Waals surface area contributed by atoms with Crippen molar-refractivity contribution < 1.29 is 9.53 Å². The highest BCUT2D eigenvalue weighted by Gasteiger charge is 2.10. The number of carbonyl (C=O) groups excluding carboxylic acids is 1. The molecule has 1 aromatic heterocycles. The van der Waals surface area contributed by atoms with E-state index in [1.807, 2.05) is 6.92 Å². The largest absolute Gasteiger partial charge is 0.465 e. The third kappa shape index (κ3) is 1.80. The zero-order chi connectivity index (χ0) is 12.6. The van der Waals surface area contributed by atoms with E-state index in [9.17, 15) is 9.59 Å². The Morgan fingerprint density at radius 3 is 2.71 bits per heavy atom. The van der Waals surface area contributed by atoms with Gasteiger partial charge >= 0.3 is 5.97 Å². The monoisotopic (exact) mass is 232 g/mol. The van der Waals surface area contributed by atoms with Gasteiger partial charge in [0, 0.05) is 12.4 Å². The Kier molecular flexibility index (Phi) is 2.67. The van der Waals surface area contributed by atoms with E-state index in [2.05, 4.69) is 9.84 Å². The van der Waals surface area contributed by atoms with E-state index in [1.165, 1.54) is 17.9 Å². The lowest BCUT2D eigenvalue weighted by atomic mass is 10.1. The number of hydrogen-bond donors (Lipinski definition) is 0. The number of aryl methyl sites for hydroxylation is 2. The minimum Gasteiger partial charge on any atom is -0.465 e. The molecule has 0 radical (unpaired) electrons. The summed E-state index contributed by atoms with van der Waals surface area (Å²) in [5.41, 5.74) is 0.887. The molecule has 2 aromatic rings. The van der Waals surface area contributed by atoms with Crippen molar-refractivity contribution in [1.82, 2.24) is 9.78 Å². The molecule has 0 fully saturated rings. The van der Waals surface area contributed by atoms with E-state index in [0.29, 0.717) is 10.9 Å². The maximum atomic E-state index is 11.9. The molecular weight excluding hydrogens is 220 g/mol. The van der Waals surface area contributed by atoms with Gasteiger partial charge in [0.25, 0.3) is 5.56 Å². The number of rotatable bonds is 1. The van der Waals surface area contributed by atoms with E-state index in [4.69, 9.17) is 0 Å². The Balaban J connectivity index is 2.81. The van der Waals surface area contributed by atoms with Crippen molar-refractivity contribution in [2.75, 3.05) is 7.11 Å². The standard InChI is InChI=1S/C12H12N2O3/c1-7-9-5-4-8(12(16)17-3)6-10(9)11(15)14(2)13-7/h4-6H,1-3H3. The summed E-state index contributed by atoms with van der Waals surface area (Å²) in [5, 5.41) is 5.31. The normalized spacial score (nSPS) is 10.5. The van der Waals surface area contributed by atoms with Crippen LogP contribution in [0.2, 0.25) is 0 Å². The highest BCUT2D eigenvalue weighted by molar-refractivity contribution is 5.95. The summed E-state index contributed by atoms with van der Waals surface area (Å²) in [6, 6.07) is 4.88. The Bertz CT molecular complexity index is 659. The predicted octanol–water partition coefficient (Wildman–Crippen LogP) is 1.03. The molecule has 0 unspecified atom stereocenters. The molecule has 5 heteroatoms. The third-order valence-corrected chi connectivity index (χ3v) is 2.65.